The summed E-state index contributed by atoms with van der Waals surface area (Å²) in [5.74, 6) is -0.472. The Morgan fingerprint density at radius 3 is 2.72 bits per heavy atom. The number of nitrogens with zero attached hydrogens (tertiary/aromatic N) is 3. The van der Waals surface area contributed by atoms with Gasteiger partial charge in [0.1, 0.15) is 5.00 Å². The Balaban J connectivity index is 1.71. The molecule has 1 N–H and O–H groups in total. The summed E-state index contributed by atoms with van der Waals surface area (Å²) in [6.45, 7) is 6.56. The molecule has 158 valence electrons. The average Bonchev–Trinajstić information content (AvgIpc) is 3.15. The molecule has 0 saturated heterocycles. The Bertz CT molecular complexity index is 900. The van der Waals surface area contributed by atoms with Gasteiger partial charge in [0.25, 0.3) is 0 Å². The number of hydrogen-bond acceptors (Lipinski definition) is 6. The molecule has 1 aliphatic carbocycles. The molecule has 0 fully saturated rings. The lowest BCUT2D eigenvalue weighted by molar-refractivity contribution is -0.117. The van der Waals surface area contributed by atoms with Crippen molar-refractivity contribution in [1.82, 2.24) is 14.7 Å². The summed E-state index contributed by atoms with van der Waals surface area (Å²) in [6, 6.07) is 0. The molecule has 1 amide bonds. The molecule has 29 heavy (non-hydrogen) atoms. The highest BCUT2D eigenvalue weighted by Crippen LogP contribution is 2.38. The molecule has 8 heteroatoms. The SMILES string of the molecule is Cc1c(CN(C)CC(=O)Nc2sc3c(c2C(=O)OC(C)C)CCCC3)cnn1C. The van der Waals surface area contributed by atoms with Crippen LogP contribution >= 0.6 is 11.3 Å². The Morgan fingerprint density at radius 1 is 1.34 bits per heavy atom. The molecular weight excluding hydrogens is 388 g/mol. The predicted octanol–water partition coefficient (Wildman–Crippen LogP) is 3.30. The van der Waals surface area contributed by atoms with Crippen molar-refractivity contribution in [3.63, 3.8) is 0 Å². The highest BCUT2D eigenvalue weighted by atomic mass is 32.1. The smallest absolute Gasteiger partial charge is 0.341 e. The second-order valence-electron chi connectivity index (χ2n) is 7.97. The van der Waals surface area contributed by atoms with Crippen LogP contribution in [0.1, 0.15) is 58.7 Å². The van der Waals surface area contributed by atoms with Crippen molar-refractivity contribution < 1.29 is 14.3 Å². The van der Waals surface area contributed by atoms with Gasteiger partial charge in [0, 0.05) is 29.7 Å². The van der Waals surface area contributed by atoms with E-state index in [0.717, 1.165) is 42.5 Å². The van der Waals surface area contributed by atoms with Crippen LogP contribution in [0.5, 0.6) is 0 Å². The summed E-state index contributed by atoms with van der Waals surface area (Å²) in [5, 5.41) is 7.85. The second-order valence-corrected chi connectivity index (χ2v) is 9.07. The first-order chi connectivity index (χ1) is 13.8. The molecule has 1 aliphatic rings. The van der Waals surface area contributed by atoms with E-state index in [9.17, 15) is 9.59 Å². The lowest BCUT2D eigenvalue weighted by Gasteiger charge is -2.16. The maximum atomic E-state index is 12.7. The van der Waals surface area contributed by atoms with E-state index in [1.807, 2.05) is 50.6 Å². The highest BCUT2D eigenvalue weighted by Gasteiger charge is 2.28. The number of nitrogens with one attached hydrogen (secondary N) is 1. The van der Waals surface area contributed by atoms with E-state index >= 15 is 0 Å². The first-order valence-corrected chi connectivity index (χ1v) is 10.9. The number of carbonyl (C=O) groups is 2. The molecule has 0 spiro atoms. The summed E-state index contributed by atoms with van der Waals surface area (Å²) in [4.78, 5) is 28.5. The molecule has 0 saturated carbocycles. The number of ether oxygens (including phenoxy) is 1. The maximum Gasteiger partial charge on any atom is 0.341 e. The second kappa shape index (κ2) is 9.09. The van der Waals surface area contributed by atoms with E-state index in [-0.39, 0.29) is 24.5 Å². The van der Waals surface area contributed by atoms with Crippen LogP contribution < -0.4 is 5.32 Å². The molecule has 0 bridgehead atoms. The van der Waals surface area contributed by atoms with Crippen LogP contribution in [0.3, 0.4) is 0 Å². The zero-order valence-electron chi connectivity index (χ0n) is 17.9. The number of fused-ring (bicyclic) bond motifs is 1. The van der Waals surface area contributed by atoms with Crippen LogP contribution in [-0.4, -0.2) is 46.3 Å². The molecule has 0 aromatic carbocycles. The van der Waals surface area contributed by atoms with E-state index < -0.39 is 0 Å². The van der Waals surface area contributed by atoms with Crippen LogP contribution in [-0.2, 0) is 36.0 Å². The fraction of sp³-hybridized carbons (Fsp3) is 0.571. The van der Waals surface area contributed by atoms with Crippen molar-refractivity contribution in [3.8, 4) is 0 Å². The minimum atomic E-state index is -0.339. The number of aromatic nitrogens is 2. The van der Waals surface area contributed by atoms with Gasteiger partial charge in [-0.1, -0.05) is 0 Å². The highest BCUT2D eigenvalue weighted by molar-refractivity contribution is 7.17. The van der Waals surface area contributed by atoms with E-state index in [0.29, 0.717) is 17.1 Å². The van der Waals surface area contributed by atoms with Gasteiger partial charge in [-0.15, -0.1) is 11.3 Å². The first kappa shape index (κ1) is 21.5. The van der Waals surface area contributed by atoms with Gasteiger partial charge in [-0.3, -0.25) is 14.4 Å². The number of aryl methyl sites for hydroxylation is 2. The fourth-order valence-electron chi connectivity index (χ4n) is 3.60. The van der Waals surface area contributed by atoms with Crippen molar-refractivity contribution in [1.29, 1.82) is 0 Å². The number of likely N-dealkylation sites (N-methyl/N-ethyl adjacent to an activating group) is 1. The zero-order chi connectivity index (χ0) is 21.1. The number of esters is 1. The largest absolute Gasteiger partial charge is 0.459 e. The third kappa shape index (κ3) is 5.05. The molecule has 0 atom stereocenters. The minimum Gasteiger partial charge on any atom is -0.459 e. The molecule has 0 radical (unpaired) electrons. The molecular formula is C21H30N4O3S. The van der Waals surface area contributed by atoms with Gasteiger partial charge >= 0.3 is 5.97 Å². The quantitative estimate of drug-likeness (QED) is 0.698. The van der Waals surface area contributed by atoms with E-state index in [1.165, 1.54) is 16.2 Å². The topological polar surface area (TPSA) is 76.5 Å². The maximum absolute atomic E-state index is 12.7. The Kier molecular flexibility index (Phi) is 6.74. The van der Waals surface area contributed by atoms with E-state index in [1.54, 1.807) is 0 Å². The minimum absolute atomic E-state index is 0.133. The molecule has 2 aromatic heterocycles. The van der Waals surface area contributed by atoms with Gasteiger partial charge in [-0.05, 0) is 59.1 Å². The van der Waals surface area contributed by atoms with E-state index in [2.05, 4.69) is 10.4 Å². The predicted molar refractivity (Wildman–Crippen MR) is 114 cm³/mol. The van der Waals surface area contributed by atoms with Crippen molar-refractivity contribution in [2.45, 2.75) is 59.1 Å². The average molecular weight is 419 g/mol. The Hall–Kier alpha value is -2.19. The van der Waals surface area contributed by atoms with Gasteiger partial charge in [0.05, 0.1) is 24.4 Å². The number of thiophene rings is 1. The number of hydrogen-bond donors (Lipinski definition) is 1. The van der Waals surface area contributed by atoms with Gasteiger partial charge in [0.2, 0.25) is 5.91 Å². The molecule has 0 unspecified atom stereocenters. The Labute approximate surface area is 176 Å². The van der Waals surface area contributed by atoms with Crippen LogP contribution in [0.4, 0.5) is 5.00 Å². The summed E-state index contributed by atoms with van der Waals surface area (Å²) in [6.07, 6.45) is 5.64. The monoisotopic (exact) mass is 418 g/mol. The van der Waals surface area contributed by atoms with Crippen LogP contribution in [0.25, 0.3) is 0 Å². The van der Waals surface area contributed by atoms with Crippen molar-refractivity contribution in [2.75, 3.05) is 18.9 Å². The van der Waals surface area contributed by atoms with Crippen molar-refractivity contribution in [3.05, 3.63) is 33.5 Å². The van der Waals surface area contributed by atoms with Crippen molar-refractivity contribution >= 4 is 28.2 Å². The molecule has 2 aromatic rings. The molecule has 7 nitrogen and oxygen atoms in total. The molecule has 2 heterocycles. The summed E-state index contributed by atoms with van der Waals surface area (Å²) >= 11 is 1.52. The van der Waals surface area contributed by atoms with Crippen LogP contribution in [0.2, 0.25) is 0 Å². The van der Waals surface area contributed by atoms with E-state index in [4.69, 9.17) is 4.74 Å². The summed E-state index contributed by atoms with van der Waals surface area (Å²) in [5.41, 5.74) is 3.79. The molecule has 0 aliphatic heterocycles. The first-order valence-electron chi connectivity index (χ1n) is 10.1. The third-order valence-electron chi connectivity index (χ3n) is 5.16. The van der Waals surface area contributed by atoms with Gasteiger partial charge in [0.15, 0.2) is 0 Å². The van der Waals surface area contributed by atoms with Gasteiger partial charge < -0.3 is 10.1 Å². The number of carbonyl (C=O) groups excluding carboxylic acids is 2. The zero-order valence-corrected chi connectivity index (χ0v) is 18.7. The third-order valence-corrected chi connectivity index (χ3v) is 6.37. The van der Waals surface area contributed by atoms with Gasteiger partial charge in [-0.25, -0.2) is 4.79 Å². The van der Waals surface area contributed by atoms with Gasteiger partial charge in [-0.2, -0.15) is 5.10 Å². The number of rotatable bonds is 7. The number of anilines is 1. The normalized spacial score (nSPS) is 13.6. The summed E-state index contributed by atoms with van der Waals surface area (Å²) < 4.78 is 7.28. The van der Waals surface area contributed by atoms with Crippen LogP contribution in [0, 0.1) is 6.92 Å². The standard InChI is InChI=1S/C21H30N4O3S/c1-13(2)28-21(27)19-16-8-6-7-9-17(16)29-20(19)23-18(26)12-24(4)11-15-10-22-25(5)14(15)3/h10,13H,6-9,11-12H2,1-5H3,(H,23,26). The fourth-order valence-corrected chi connectivity index (χ4v) is 4.89. The summed E-state index contributed by atoms with van der Waals surface area (Å²) in [7, 11) is 3.81. The molecule has 3 rings (SSSR count). The Morgan fingerprint density at radius 2 is 2.07 bits per heavy atom. The van der Waals surface area contributed by atoms with Crippen LogP contribution in [0.15, 0.2) is 6.20 Å². The van der Waals surface area contributed by atoms with Crippen molar-refractivity contribution in [2.24, 2.45) is 7.05 Å². The lowest BCUT2D eigenvalue weighted by atomic mass is 9.95. The number of amides is 1. The lowest BCUT2D eigenvalue weighted by Crippen LogP contribution is -2.30.